The van der Waals surface area contributed by atoms with Gasteiger partial charge < -0.3 is 9.47 Å². The summed E-state index contributed by atoms with van der Waals surface area (Å²) in [5, 5.41) is 0. The number of ether oxygens (including phenoxy) is 2. The summed E-state index contributed by atoms with van der Waals surface area (Å²) in [6.45, 7) is 7.34. The molecule has 29 heavy (non-hydrogen) atoms. The molecule has 0 aliphatic heterocycles. The van der Waals surface area contributed by atoms with Crippen LogP contribution in [0.3, 0.4) is 0 Å². The quantitative estimate of drug-likeness (QED) is 0.327. The van der Waals surface area contributed by atoms with Gasteiger partial charge in [-0.15, -0.1) is 0 Å². The average molecular weight is 453 g/mol. The Kier molecular flexibility index (Phi) is 7.38. The van der Waals surface area contributed by atoms with Gasteiger partial charge in [0.15, 0.2) is 0 Å². The molecule has 0 fully saturated rings. The molecule has 0 unspecified atom stereocenters. The minimum Gasteiger partial charge on any atom is -0.494 e. The van der Waals surface area contributed by atoms with Crippen LogP contribution < -0.4 is 9.47 Å². The van der Waals surface area contributed by atoms with Gasteiger partial charge in [0.25, 0.3) is 0 Å². The first kappa shape index (κ1) is 21.4. The topological polar surface area (TPSA) is 18.5 Å². The monoisotopic (exact) mass is 452 g/mol. The first-order chi connectivity index (χ1) is 14.0. The Balaban J connectivity index is 1.58. The molecule has 0 amide bonds. The lowest BCUT2D eigenvalue weighted by Crippen LogP contribution is -2.17. The van der Waals surface area contributed by atoms with Crippen LogP contribution in [0.5, 0.6) is 17.2 Å². The van der Waals surface area contributed by atoms with E-state index in [-0.39, 0.29) is 5.41 Å². The highest BCUT2D eigenvalue weighted by Gasteiger charge is 2.20. The zero-order valence-corrected chi connectivity index (χ0v) is 19.0. The molecule has 0 radical (unpaired) electrons. The van der Waals surface area contributed by atoms with E-state index in [0.29, 0.717) is 6.61 Å². The largest absolute Gasteiger partial charge is 0.494 e. The molecular weight excluding hydrogens is 424 g/mol. The van der Waals surface area contributed by atoms with E-state index < -0.39 is 0 Å². The van der Waals surface area contributed by atoms with Crippen LogP contribution in [-0.4, -0.2) is 6.61 Å². The molecule has 0 spiro atoms. The van der Waals surface area contributed by atoms with Crippen molar-refractivity contribution in [3.8, 4) is 17.2 Å². The van der Waals surface area contributed by atoms with E-state index in [1.165, 1.54) is 11.1 Å². The van der Waals surface area contributed by atoms with E-state index in [2.05, 4.69) is 66.2 Å². The fraction of sp³-hybridized carbons (Fsp3) is 0.308. The van der Waals surface area contributed by atoms with Crippen LogP contribution in [0, 0.1) is 0 Å². The normalized spacial score (nSPS) is 11.3. The maximum Gasteiger partial charge on any atom is 0.127 e. The number of benzene rings is 3. The summed E-state index contributed by atoms with van der Waals surface area (Å²) >= 11 is 3.45. The number of aryl methyl sites for hydroxylation is 1. The SMILES string of the molecule is CCOc1cccc(C(C)(C)CCCc2cccc(Oc3ccc(Br)cc3)c2)c1. The third-order valence-corrected chi connectivity index (χ3v) is 5.67. The molecule has 0 atom stereocenters. The Morgan fingerprint density at radius 3 is 2.31 bits per heavy atom. The van der Waals surface area contributed by atoms with Gasteiger partial charge in [-0.2, -0.15) is 0 Å². The first-order valence-corrected chi connectivity index (χ1v) is 11.0. The summed E-state index contributed by atoms with van der Waals surface area (Å²) in [6.07, 6.45) is 3.26. The van der Waals surface area contributed by atoms with Gasteiger partial charge in [-0.25, -0.2) is 0 Å². The molecule has 152 valence electrons. The predicted octanol–water partition coefficient (Wildman–Crippen LogP) is 7.94. The molecular formula is C26H29BrO2. The Labute approximate surface area is 183 Å². The molecule has 0 N–H and O–H groups in total. The Morgan fingerprint density at radius 2 is 1.55 bits per heavy atom. The molecule has 3 aromatic carbocycles. The maximum absolute atomic E-state index is 5.99. The zero-order chi connectivity index (χ0) is 20.7. The van der Waals surface area contributed by atoms with Gasteiger partial charge in [0, 0.05) is 4.47 Å². The van der Waals surface area contributed by atoms with Crippen LogP contribution in [0.15, 0.2) is 77.3 Å². The second-order valence-electron chi connectivity index (χ2n) is 7.90. The van der Waals surface area contributed by atoms with E-state index in [4.69, 9.17) is 9.47 Å². The average Bonchev–Trinajstić information content (AvgIpc) is 2.70. The summed E-state index contributed by atoms with van der Waals surface area (Å²) < 4.78 is 12.7. The lowest BCUT2D eigenvalue weighted by atomic mass is 9.80. The highest BCUT2D eigenvalue weighted by Crippen LogP contribution is 2.32. The maximum atomic E-state index is 5.99. The Morgan fingerprint density at radius 1 is 0.828 bits per heavy atom. The van der Waals surface area contributed by atoms with Crippen molar-refractivity contribution in [3.05, 3.63) is 88.4 Å². The summed E-state index contributed by atoms with van der Waals surface area (Å²) in [4.78, 5) is 0. The van der Waals surface area contributed by atoms with Crippen LogP contribution in [0.1, 0.15) is 44.7 Å². The lowest BCUT2D eigenvalue weighted by Gasteiger charge is -2.26. The first-order valence-electron chi connectivity index (χ1n) is 10.2. The van der Waals surface area contributed by atoms with Crippen molar-refractivity contribution in [2.24, 2.45) is 0 Å². The number of halogens is 1. The van der Waals surface area contributed by atoms with Crippen molar-refractivity contribution in [1.29, 1.82) is 0 Å². The molecule has 3 heteroatoms. The van der Waals surface area contributed by atoms with Crippen molar-refractivity contribution in [2.45, 2.75) is 45.4 Å². The van der Waals surface area contributed by atoms with Crippen molar-refractivity contribution in [1.82, 2.24) is 0 Å². The van der Waals surface area contributed by atoms with E-state index in [9.17, 15) is 0 Å². The van der Waals surface area contributed by atoms with E-state index in [1.54, 1.807) is 0 Å². The minimum atomic E-state index is 0.110. The van der Waals surface area contributed by atoms with Gasteiger partial charge in [0.2, 0.25) is 0 Å². The Hall–Kier alpha value is -2.26. The minimum absolute atomic E-state index is 0.110. The molecule has 0 aromatic heterocycles. The van der Waals surface area contributed by atoms with E-state index in [1.807, 2.05) is 43.3 Å². The summed E-state index contributed by atoms with van der Waals surface area (Å²) in [5.41, 5.74) is 2.74. The highest BCUT2D eigenvalue weighted by atomic mass is 79.9. The Bertz CT molecular complexity index is 916. The molecule has 0 saturated heterocycles. The van der Waals surface area contributed by atoms with Crippen molar-refractivity contribution in [2.75, 3.05) is 6.61 Å². The lowest BCUT2D eigenvalue weighted by molar-refractivity contribution is 0.338. The van der Waals surface area contributed by atoms with Gasteiger partial charge in [-0.3, -0.25) is 0 Å². The molecule has 0 bridgehead atoms. The second-order valence-corrected chi connectivity index (χ2v) is 8.82. The second kappa shape index (κ2) is 9.98. The molecule has 0 aliphatic rings. The van der Waals surface area contributed by atoms with Gasteiger partial charge in [0.05, 0.1) is 6.61 Å². The molecule has 0 saturated carbocycles. The summed E-state index contributed by atoms with van der Waals surface area (Å²) in [6, 6.07) is 24.8. The third kappa shape index (κ3) is 6.37. The smallest absolute Gasteiger partial charge is 0.127 e. The predicted molar refractivity (Wildman–Crippen MR) is 124 cm³/mol. The van der Waals surface area contributed by atoms with Crippen LogP contribution in [0.4, 0.5) is 0 Å². The molecule has 0 aliphatic carbocycles. The van der Waals surface area contributed by atoms with E-state index >= 15 is 0 Å². The summed E-state index contributed by atoms with van der Waals surface area (Å²) in [5.74, 6) is 2.69. The van der Waals surface area contributed by atoms with Crippen LogP contribution in [0.25, 0.3) is 0 Å². The number of hydrogen-bond donors (Lipinski definition) is 0. The number of rotatable bonds is 9. The van der Waals surface area contributed by atoms with Gasteiger partial charge in [-0.05, 0) is 91.3 Å². The molecule has 3 aromatic rings. The highest BCUT2D eigenvalue weighted by molar-refractivity contribution is 9.10. The van der Waals surface area contributed by atoms with Gasteiger partial charge >= 0.3 is 0 Å². The third-order valence-electron chi connectivity index (χ3n) is 5.14. The van der Waals surface area contributed by atoms with Crippen LogP contribution >= 0.6 is 15.9 Å². The van der Waals surface area contributed by atoms with E-state index in [0.717, 1.165) is 41.0 Å². The van der Waals surface area contributed by atoms with Crippen molar-refractivity contribution >= 4 is 15.9 Å². The fourth-order valence-electron chi connectivity index (χ4n) is 3.46. The van der Waals surface area contributed by atoms with Crippen LogP contribution in [0.2, 0.25) is 0 Å². The fourth-order valence-corrected chi connectivity index (χ4v) is 3.72. The standard InChI is InChI=1S/C26H29BrO2/c1-4-28-24-11-6-10-21(19-24)26(2,3)17-7-9-20-8-5-12-25(18-20)29-23-15-13-22(27)14-16-23/h5-6,8,10-16,18-19H,4,7,9,17H2,1-3H3. The van der Waals surface area contributed by atoms with Gasteiger partial charge in [-0.1, -0.05) is 54.0 Å². The summed E-state index contributed by atoms with van der Waals surface area (Å²) in [7, 11) is 0. The van der Waals surface area contributed by atoms with Crippen molar-refractivity contribution < 1.29 is 9.47 Å². The number of hydrogen-bond acceptors (Lipinski definition) is 2. The zero-order valence-electron chi connectivity index (χ0n) is 17.5. The molecule has 2 nitrogen and oxygen atoms in total. The van der Waals surface area contributed by atoms with Crippen molar-refractivity contribution in [3.63, 3.8) is 0 Å². The van der Waals surface area contributed by atoms with Crippen LogP contribution in [-0.2, 0) is 11.8 Å². The molecule has 3 rings (SSSR count). The molecule has 0 heterocycles. The van der Waals surface area contributed by atoms with Gasteiger partial charge in [0.1, 0.15) is 17.2 Å².